The second-order valence-electron chi connectivity index (χ2n) is 6.70. The van der Waals surface area contributed by atoms with Gasteiger partial charge in [0.1, 0.15) is 18.1 Å². The number of carbonyl (C=O) groups is 2. The Morgan fingerprint density at radius 3 is 2.63 bits per heavy atom. The number of hydrogen-bond acceptors (Lipinski definition) is 7. The number of carbonyl (C=O) groups excluding carboxylic acids is 2. The van der Waals surface area contributed by atoms with Crippen LogP contribution in [0.15, 0.2) is 54.6 Å². The second kappa shape index (κ2) is 8.91. The molecule has 1 atom stereocenters. The van der Waals surface area contributed by atoms with Gasteiger partial charge in [0, 0.05) is 18.7 Å². The van der Waals surface area contributed by atoms with Crippen LogP contribution in [0.4, 0.5) is 10.8 Å². The van der Waals surface area contributed by atoms with Crippen molar-refractivity contribution in [2.24, 2.45) is 5.92 Å². The Labute approximate surface area is 177 Å². The minimum Gasteiger partial charge on any atom is -0.497 e. The summed E-state index contributed by atoms with van der Waals surface area (Å²) in [5.41, 5.74) is 0.743. The molecule has 8 nitrogen and oxygen atoms in total. The zero-order valence-electron chi connectivity index (χ0n) is 16.3. The highest BCUT2D eigenvalue weighted by atomic mass is 32.1. The lowest BCUT2D eigenvalue weighted by atomic mass is 10.1. The summed E-state index contributed by atoms with van der Waals surface area (Å²) in [7, 11) is 1.59. The highest BCUT2D eigenvalue weighted by Crippen LogP contribution is 2.28. The molecule has 0 radical (unpaired) electrons. The zero-order valence-corrected chi connectivity index (χ0v) is 17.1. The lowest BCUT2D eigenvalue weighted by molar-refractivity contribution is -0.122. The average molecular weight is 424 g/mol. The Morgan fingerprint density at radius 2 is 1.90 bits per heavy atom. The molecule has 2 amide bonds. The van der Waals surface area contributed by atoms with E-state index in [-0.39, 0.29) is 24.8 Å². The van der Waals surface area contributed by atoms with Gasteiger partial charge in [0.05, 0.1) is 13.0 Å². The summed E-state index contributed by atoms with van der Waals surface area (Å²) in [6.07, 6.45) is 0.153. The van der Waals surface area contributed by atoms with Crippen LogP contribution in [0.1, 0.15) is 11.4 Å². The molecule has 0 saturated carbocycles. The van der Waals surface area contributed by atoms with Crippen LogP contribution in [0.5, 0.6) is 11.5 Å². The minimum absolute atomic E-state index is 0.0884. The number of benzene rings is 2. The molecule has 4 rings (SSSR count). The molecular weight excluding hydrogens is 404 g/mol. The van der Waals surface area contributed by atoms with Crippen LogP contribution in [-0.4, -0.2) is 35.7 Å². The fraction of sp³-hybridized carbons (Fsp3) is 0.238. The third-order valence-electron chi connectivity index (χ3n) is 4.68. The molecule has 3 aromatic rings. The van der Waals surface area contributed by atoms with Crippen LogP contribution in [0, 0.1) is 5.92 Å². The minimum atomic E-state index is -0.451. The van der Waals surface area contributed by atoms with Gasteiger partial charge in [-0.1, -0.05) is 29.5 Å². The first-order valence-corrected chi connectivity index (χ1v) is 10.2. The number of para-hydroxylation sites is 1. The standard InChI is InChI=1S/C21H20N4O4S/c1-28-16-9-7-15(8-10-16)25-12-14(11-19(25)26)20(27)22-21-24-23-18(30-21)13-29-17-5-3-2-4-6-17/h2-10,14H,11-13H2,1H3,(H,22,24,27)/t14-/m1/s1. The molecule has 1 N–H and O–H groups in total. The Bertz CT molecular complexity index is 1020. The van der Waals surface area contributed by atoms with Gasteiger partial charge in [-0.25, -0.2) is 0 Å². The lowest BCUT2D eigenvalue weighted by Gasteiger charge is -2.16. The largest absolute Gasteiger partial charge is 0.497 e. The molecule has 0 aliphatic carbocycles. The van der Waals surface area contributed by atoms with Crippen molar-refractivity contribution in [1.82, 2.24) is 10.2 Å². The molecule has 9 heteroatoms. The molecule has 0 unspecified atom stereocenters. The van der Waals surface area contributed by atoms with E-state index in [2.05, 4.69) is 15.5 Å². The number of nitrogens with one attached hydrogen (secondary N) is 1. The Hall–Kier alpha value is -3.46. The zero-order chi connectivity index (χ0) is 20.9. The van der Waals surface area contributed by atoms with Gasteiger partial charge in [0.25, 0.3) is 0 Å². The third kappa shape index (κ3) is 4.57. The highest BCUT2D eigenvalue weighted by Gasteiger charge is 2.35. The van der Waals surface area contributed by atoms with Gasteiger partial charge in [-0.05, 0) is 36.4 Å². The predicted octanol–water partition coefficient (Wildman–Crippen LogP) is 3.12. The third-order valence-corrected chi connectivity index (χ3v) is 5.49. The number of anilines is 2. The summed E-state index contributed by atoms with van der Waals surface area (Å²) in [5, 5.41) is 11.8. The van der Waals surface area contributed by atoms with Crippen molar-refractivity contribution in [3.63, 3.8) is 0 Å². The Balaban J connectivity index is 1.33. The number of amides is 2. The van der Waals surface area contributed by atoms with Gasteiger partial charge in [-0.15, -0.1) is 10.2 Å². The van der Waals surface area contributed by atoms with Crippen molar-refractivity contribution in [2.45, 2.75) is 13.0 Å². The maximum atomic E-state index is 12.6. The number of ether oxygens (including phenoxy) is 2. The molecule has 0 bridgehead atoms. The normalized spacial score (nSPS) is 15.8. The summed E-state index contributed by atoms with van der Waals surface area (Å²) in [4.78, 5) is 26.6. The van der Waals surface area contributed by atoms with E-state index in [0.29, 0.717) is 22.4 Å². The number of methoxy groups -OCH3 is 1. The van der Waals surface area contributed by atoms with Gasteiger partial charge in [-0.3, -0.25) is 9.59 Å². The number of hydrogen-bond donors (Lipinski definition) is 1. The summed E-state index contributed by atoms with van der Waals surface area (Å²) >= 11 is 1.25. The second-order valence-corrected chi connectivity index (χ2v) is 7.76. The van der Waals surface area contributed by atoms with Crippen LogP contribution in [0.2, 0.25) is 0 Å². The van der Waals surface area contributed by atoms with Gasteiger partial charge < -0.3 is 19.7 Å². The van der Waals surface area contributed by atoms with Crippen molar-refractivity contribution in [3.8, 4) is 11.5 Å². The van der Waals surface area contributed by atoms with E-state index in [4.69, 9.17) is 9.47 Å². The molecule has 0 spiro atoms. The number of rotatable bonds is 7. The van der Waals surface area contributed by atoms with E-state index < -0.39 is 5.92 Å². The van der Waals surface area contributed by atoms with E-state index >= 15 is 0 Å². The monoisotopic (exact) mass is 424 g/mol. The Kier molecular flexibility index (Phi) is 5.89. The fourth-order valence-electron chi connectivity index (χ4n) is 3.13. The average Bonchev–Trinajstić information content (AvgIpc) is 3.39. The highest BCUT2D eigenvalue weighted by molar-refractivity contribution is 7.15. The van der Waals surface area contributed by atoms with Gasteiger partial charge in [-0.2, -0.15) is 0 Å². The van der Waals surface area contributed by atoms with E-state index in [1.165, 1.54) is 11.3 Å². The Morgan fingerprint density at radius 1 is 1.13 bits per heavy atom. The topological polar surface area (TPSA) is 93.7 Å². The van der Waals surface area contributed by atoms with Gasteiger partial charge >= 0.3 is 0 Å². The maximum absolute atomic E-state index is 12.6. The quantitative estimate of drug-likeness (QED) is 0.626. The van der Waals surface area contributed by atoms with Crippen molar-refractivity contribution in [1.29, 1.82) is 0 Å². The van der Waals surface area contributed by atoms with E-state index in [9.17, 15) is 9.59 Å². The van der Waals surface area contributed by atoms with Crippen molar-refractivity contribution < 1.29 is 19.1 Å². The van der Waals surface area contributed by atoms with Crippen LogP contribution in [-0.2, 0) is 16.2 Å². The summed E-state index contributed by atoms with van der Waals surface area (Å²) in [5.74, 6) is 0.664. The molecule has 1 aliphatic heterocycles. The van der Waals surface area contributed by atoms with Crippen molar-refractivity contribution >= 4 is 34.0 Å². The first-order valence-electron chi connectivity index (χ1n) is 9.38. The van der Waals surface area contributed by atoms with Crippen molar-refractivity contribution in [3.05, 3.63) is 59.6 Å². The van der Waals surface area contributed by atoms with Crippen LogP contribution in [0.3, 0.4) is 0 Å². The predicted molar refractivity (Wildman–Crippen MR) is 113 cm³/mol. The molecule has 1 aromatic heterocycles. The van der Waals surface area contributed by atoms with Crippen molar-refractivity contribution in [2.75, 3.05) is 23.9 Å². The molecule has 2 heterocycles. The summed E-state index contributed by atoms with van der Waals surface area (Å²) in [6.45, 7) is 0.588. The van der Waals surface area contributed by atoms with Gasteiger partial charge in [0.2, 0.25) is 16.9 Å². The van der Waals surface area contributed by atoms with Crippen LogP contribution >= 0.6 is 11.3 Å². The summed E-state index contributed by atoms with van der Waals surface area (Å²) in [6, 6.07) is 16.6. The fourth-order valence-corrected chi connectivity index (χ4v) is 3.78. The molecule has 30 heavy (non-hydrogen) atoms. The molecule has 1 aliphatic rings. The lowest BCUT2D eigenvalue weighted by Crippen LogP contribution is -2.28. The molecule has 2 aromatic carbocycles. The smallest absolute Gasteiger partial charge is 0.231 e. The molecule has 154 valence electrons. The van der Waals surface area contributed by atoms with Gasteiger partial charge in [0.15, 0.2) is 5.01 Å². The SMILES string of the molecule is COc1ccc(N2C[C@H](C(=O)Nc3nnc(COc4ccccc4)s3)CC2=O)cc1. The van der Waals surface area contributed by atoms with E-state index in [1.54, 1.807) is 36.3 Å². The van der Waals surface area contributed by atoms with E-state index in [1.807, 2.05) is 30.3 Å². The number of aromatic nitrogens is 2. The van der Waals surface area contributed by atoms with E-state index in [0.717, 1.165) is 11.4 Å². The van der Waals surface area contributed by atoms with Crippen LogP contribution in [0.25, 0.3) is 0 Å². The van der Waals surface area contributed by atoms with Crippen LogP contribution < -0.4 is 19.7 Å². The number of nitrogens with zero attached hydrogens (tertiary/aromatic N) is 3. The molecule has 1 saturated heterocycles. The molecule has 1 fully saturated rings. The first-order chi connectivity index (χ1) is 14.6. The molecular formula is C21H20N4O4S. The first kappa shape index (κ1) is 19.8. The summed E-state index contributed by atoms with van der Waals surface area (Å²) < 4.78 is 10.8. The maximum Gasteiger partial charge on any atom is 0.231 e.